The molecule has 120 valence electrons. The fourth-order valence-electron chi connectivity index (χ4n) is 3.18. The molecule has 0 saturated heterocycles. The third-order valence-electron chi connectivity index (χ3n) is 4.17. The first-order valence-electron chi connectivity index (χ1n) is 7.18. The van der Waals surface area contributed by atoms with Gasteiger partial charge < -0.3 is 4.74 Å². The number of hydrogen-bond donors (Lipinski definition) is 0. The fraction of sp³-hybridized carbons (Fsp3) is 0.294. The minimum absolute atomic E-state index is 0.244. The molecule has 2 aromatic rings. The molecule has 1 aromatic carbocycles. The van der Waals surface area contributed by atoms with Crippen LogP contribution < -0.4 is 0 Å². The van der Waals surface area contributed by atoms with Crippen molar-refractivity contribution < 1.29 is 18.7 Å². The van der Waals surface area contributed by atoms with Gasteiger partial charge in [-0.1, -0.05) is 19.1 Å². The zero-order valence-electron chi connectivity index (χ0n) is 12.6. The van der Waals surface area contributed by atoms with Crippen LogP contribution in [0.3, 0.4) is 0 Å². The van der Waals surface area contributed by atoms with Crippen molar-refractivity contribution in [2.45, 2.75) is 19.3 Å². The number of hydrogen-bond acceptors (Lipinski definition) is 4. The summed E-state index contributed by atoms with van der Waals surface area (Å²) in [5.74, 6) is -2.66. The minimum Gasteiger partial charge on any atom is -0.468 e. The van der Waals surface area contributed by atoms with Gasteiger partial charge in [0.15, 0.2) is 5.78 Å². The molecule has 3 rings (SSSR count). The van der Waals surface area contributed by atoms with Crippen LogP contribution in [0, 0.1) is 11.7 Å². The van der Waals surface area contributed by atoms with Crippen LogP contribution in [-0.4, -0.2) is 18.9 Å². The van der Waals surface area contributed by atoms with Gasteiger partial charge in [0.2, 0.25) is 0 Å². The molecule has 23 heavy (non-hydrogen) atoms. The number of esters is 1. The Morgan fingerprint density at radius 1 is 1.43 bits per heavy atom. The molecular weight excluding hydrogens is 383 g/mol. The van der Waals surface area contributed by atoms with Crippen molar-refractivity contribution in [2.24, 2.45) is 5.92 Å². The Morgan fingerprint density at radius 2 is 2.17 bits per heavy atom. The number of carbonyl (C=O) groups excluding carboxylic acids is 2. The van der Waals surface area contributed by atoms with E-state index in [0.717, 1.165) is 21.3 Å². The standard InChI is InChI=1S/C17H14BrFO3S/c1-3-10-12-11(8-5-4-6-9(19)7-8)13(17(21)22-2)14(20)15(12)23-16(10)18/h4-7,11,13H,3H2,1-2H3/t11-,13-/m0/s1. The molecule has 0 spiro atoms. The van der Waals surface area contributed by atoms with E-state index < -0.39 is 17.8 Å². The fourth-order valence-corrected chi connectivity index (χ4v) is 5.30. The molecular formula is C17H14BrFO3S. The number of ketones is 1. The average molecular weight is 397 g/mol. The lowest BCUT2D eigenvalue weighted by Crippen LogP contribution is -2.26. The van der Waals surface area contributed by atoms with Crippen molar-refractivity contribution in [3.05, 3.63) is 55.4 Å². The normalized spacial score (nSPS) is 19.7. The van der Waals surface area contributed by atoms with Crippen molar-refractivity contribution in [1.82, 2.24) is 0 Å². The van der Waals surface area contributed by atoms with Crippen molar-refractivity contribution >= 4 is 39.0 Å². The van der Waals surface area contributed by atoms with E-state index in [1.165, 1.54) is 30.6 Å². The molecule has 0 bridgehead atoms. The largest absolute Gasteiger partial charge is 0.468 e. The number of thiophene rings is 1. The van der Waals surface area contributed by atoms with E-state index in [9.17, 15) is 14.0 Å². The number of ether oxygens (including phenoxy) is 1. The lowest BCUT2D eigenvalue weighted by atomic mass is 9.84. The molecule has 0 radical (unpaired) electrons. The van der Waals surface area contributed by atoms with E-state index in [1.54, 1.807) is 12.1 Å². The highest BCUT2D eigenvalue weighted by atomic mass is 79.9. The first-order valence-corrected chi connectivity index (χ1v) is 8.79. The van der Waals surface area contributed by atoms with Crippen LogP contribution in [0.25, 0.3) is 0 Å². The maximum atomic E-state index is 13.7. The molecule has 0 amide bonds. The lowest BCUT2D eigenvalue weighted by Gasteiger charge is -2.19. The third kappa shape index (κ3) is 2.54. The molecule has 1 heterocycles. The highest BCUT2D eigenvalue weighted by molar-refractivity contribution is 9.11. The van der Waals surface area contributed by atoms with Gasteiger partial charge in [-0.25, -0.2) is 4.39 Å². The number of rotatable bonds is 3. The second-order valence-corrected chi connectivity index (χ2v) is 7.69. The van der Waals surface area contributed by atoms with Crippen LogP contribution in [0.1, 0.15) is 39.2 Å². The summed E-state index contributed by atoms with van der Waals surface area (Å²) in [4.78, 5) is 25.5. The maximum absolute atomic E-state index is 13.7. The zero-order valence-corrected chi connectivity index (χ0v) is 15.0. The Labute approximate surface area is 145 Å². The molecule has 0 fully saturated rings. The molecule has 1 aliphatic carbocycles. The monoisotopic (exact) mass is 396 g/mol. The van der Waals surface area contributed by atoms with Gasteiger partial charge in [0.05, 0.1) is 15.8 Å². The second-order valence-electron chi connectivity index (χ2n) is 5.35. The molecule has 1 aromatic heterocycles. The summed E-state index contributed by atoms with van der Waals surface area (Å²) in [7, 11) is 1.27. The van der Waals surface area contributed by atoms with Crippen LogP contribution >= 0.6 is 27.3 Å². The van der Waals surface area contributed by atoms with E-state index in [4.69, 9.17) is 4.74 Å². The van der Waals surface area contributed by atoms with E-state index in [2.05, 4.69) is 15.9 Å². The average Bonchev–Trinajstić information content (AvgIpc) is 3.00. The van der Waals surface area contributed by atoms with Crippen LogP contribution in [0.2, 0.25) is 0 Å². The van der Waals surface area contributed by atoms with Crippen LogP contribution in [0.4, 0.5) is 4.39 Å². The topological polar surface area (TPSA) is 43.4 Å². The molecule has 0 N–H and O–H groups in total. The Hall–Kier alpha value is -1.53. The van der Waals surface area contributed by atoms with Gasteiger partial charge in [-0.3, -0.25) is 9.59 Å². The molecule has 0 aliphatic heterocycles. The predicted octanol–water partition coefficient (Wildman–Crippen LogP) is 4.33. The minimum atomic E-state index is -0.943. The Balaban J connectivity index is 2.24. The zero-order chi connectivity index (χ0) is 16.7. The summed E-state index contributed by atoms with van der Waals surface area (Å²) in [5.41, 5.74) is 2.45. The summed E-state index contributed by atoms with van der Waals surface area (Å²) in [6.07, 6.45) is 0.722. The van der Waals surface area contributed by atoms with Crippen LogP contribution in [-0.2, 0) is 16.0 Å². The Morgan fingerprint density at radius 3 is 2.78 bits per heavy atom. The van der Waals surface area contributed by atoms with E-state index in [0.29, 0.717) is 10.4 Å². The molecule has 2 atom stereocenters. The summed E-state index contributed by atoms with van der Waals surface area (Å²) in [6.45, 7) is 1.99. The van der Waals surface area contributed by atoms with Gasteiger partial charge in [-0.15, -0.1) is 11.3 Å². The third-order valence-corrected chi connectivity index (χ3v) is 6.18. The van der Waals surface area contributed by atoms with Gasteiger partial charge in [-0.2, -0.15) is 0 Å². The summed E-state index contributed by atoms with van der Waals surface area (Å²) < 4.78 is 19.4. The number of fused-ring (bicyclic) bond motifs is 1. The number of Topliss-reactive ketones (excluding diaryl/α,β-unsaturated/α-hetero) is 1. The maximum Gasteiger partial charge on any atom is 0.317 e. The van der Waals surface area contributed by atoms with Gasteiger partial charge in [0.25, 0.3) is 0 Å². The quantitative estimate of drug-likeness (QED) is 0.572. The highest BCUT2D eigenvalue weighted by Crippen LogP contribution is 2.50. The van der Waals surface area contributed by atoms with Crippen molar-refractivity contribution in [2.75, 3.05) is 7.11 Å². The summed E-state index contributed by atoms with van der Waals surface area (Å²) >= 11 is 4.83. The molecule has 1 aliphatic rings. The van der Waals surface area contributed by atoms with Gasteiger partial charge in [-0.05, 0) is 51.2 Å². The predicted molar refractivity (Wildman–Crippen MR) is 89.5 cm³/mol. The highest BCUT2D eigenvalue weighted by Gasteiger charge is 2.48. The Bertz CT molecular complexity index is 799. The van der Waals surface area contributed by atoms with E-state index >= 15 is 0 Å². The molecule has 6 heteroatoms. The van der Waals surface area contributed by atoms with Crippen molar-refractivity contribution in [1.29, 1.82) is 0 Å². The SMILES string of the molecule is CCc1c(Br)sc2c1[C@H](c1cccc(F)c1)[C@H](C(=O)OC)C2=O. The molecule has 0 saturated carbocycles. The first kappa shape index (κ1) is 16.3. The first-order chi connectivity index (χ1) is 11.0. The molecule has 0 unspecified atom stereocenters. The summed E-state index contributed by atoms with van der Waals surface area (Å²) in [5, 5.41) is 0. The van der Waals surface area contributed by atoms with E-state index in [-0.39, 0.29) is 11.6 Å². The lowest BCUT2D eigenvalue weighted by molar-refractivity contribution is -0.143. The number of carbonyl (C=O) groups is 2. The number of benzene rings is 1. The van der Waals surface area contributed by atoms with Crippen molar-refractivity contribution in [3.63, 3.8) is 0 Å². The molecule has 3 nitrogen and oxygen atoms in total. The smallest absolute Gasteiger partial charge is 0.317 e. The van der Waals surface area contributed by atoms with Gasteiger partial charge in [0.1, 0.15) is 11.7 Å². The van der Waals surface area contributed by atoms with Crippen LogP contribution in [0.15, 0.2) is 28.1 Å². The van der Waals surface area contributed by atoms with E-state index in [1.807, 2.05) is 6.92 Å². The van der Waals surface area contributed by atoms with Crippen molar-refractivity contribution in [3.8, 4) is 0 Å². The van der Waals surface area contributed by atoms with Crippen LogP contribution in [0.5, 0.6) is 0 Å². The summed E-state index contributed by atoms with van der Waals surface area (Å²) in [6, 6.07) is 6.07. The second kappa shape index (κ2) is 6.17. The Kier molecular flexibility index (Phi) is 4.38. The van der Waals surface area contributed by atoms with Gasteiger partial charge >= 0.3 is 5.97 Å². The van der Waals surface area contributed by atoms with Gasteiger partial charge in [0, 0.05) is 5.92 Å². The number of halogens is 2. The number of methoxy groups -OCH3 is 1.